The van der Waals surface area contributed by atoms with Gasteiger partial charge < -0.3 is 4.57 Å². The summed E-state index contributed by atoms with van der Waals surface area (Å²) in [6, 6.07) is 64.0. The van der Waals surface area contributed by atoms with Crippen LogP contribution in [-0.2, 0) is 0 Å². The zero-order valence-electron chi connectivity index (χ0n) is 27.6. The summed E-state index contributed by atoms with van der Waals surface area (Å²) in [5, 5.41) is 7.23. The lowest BCUT2D eigenvalue weighted by molar-refractivity contribution is 1.07. The topological polar surface area (TPSA) is 43.6 Å². The highest BCUT2D eigenvalue weighted by molar-refractivity contribution is 6.14. The van der Waals surface area contributed by atoms with Crippen LogP contribution in [0.15, 0.2) is 182 Å². The Labute approximate surface area is 295 Å². The van der Waals surface area contributed by atoms with Gasteiger partial charge >= 0.3 is 0 Å². The quantitative estimate of drug-likeness (QED) is 0.186. The second-order valence-corrected chi connectivity index (χ2v) is 12.9. The van der Waals surface area contributed by atoms with Gasteiger partial charge in [-0.15, -0.1) is 0 Å². The Balaban J connectivity index is 1.21. The molecule has 4 nitrogen and oxygen atoms in total. The van der Waals surface area contributed by atoms with Crippen LogP contribution in [0, 0.1) is 0 Å². The number of aromatic nitrogens is 4. The van der Waals surface area contributed by atoms with Gasteiger partial charge in [-0.3, -0.25) is 0 Å². The third kappa shape index (κ3) is 4.96. The summed E-state index contributed by atoms with van der Waals surface area (Å²) >= 11 is 0. The van der Waals surface area contributed by atoms with E-state index >= 15 is 0 Å². The summed E-state index contributed by atoms with van der Waals surface area (Å²) in [5.41, 5.74) is 8.41. The highest BCUT2D eigenvalue weighted by Crippen LogP contribution is 2.40. The maximum absolute atomic E-state index is 5.19. The summed E-state index contributed by atoms with van der Waals surface area (Å²) in [6.45, 7) is 0. The van der Waals surface area contributed by atoms with E-state index in [9.17, 15) is 0 Å². The van der Waals surface area contributed by atoms with Crippen molar-refractivity contribution < 1.29 is 0 Å². The van der Waals surface area contributed by atoms with Crippen LogP contribution in [-0.4, -0.2) is 19.5 Å². The molecule has 0 unspecified atom stereocenters. The first-order valence-electron chi connectivity index (χ1n) is 17.2. The van der Waals surface area contributed by atoms with Crippen molar-refractivity contribution in [2.75, 3.05) is 0 Å². The predicted octanol–water partition coefficient (Wildman–Crippen LogP) is 11.9. The van der Waals surface area contributed by atoms with E-state index in [1.54, 1.807) is 0 Å². The van der Waals surface area contributed by atoms with Crippen LogP contribution in [0.3, 0.4) is 0 Å². The zero-order valence-corrected chi connectivity index (χ0v) is 27.6. The first kappa shape index (κ1) is 29.0. The molecule has 0 N–H and O–H groups in total. The molecule has 0 fully saturated rings. The fourth-order valence-electron chi connectivity index (χ4n) is 7.39. The van der Waals surface area contributed by atoms with Gasteiger partial charge in [0, 0.05) is 33.0 Å². The monoisotopic (exact) mass is 650 g/mol. The van der Waals surface area contributed by atoms with Crippen molar-refractivity contribution in [3.05, 3.63) is 182 Å². The van der Waals surface area contributed by atoms with Crippen LogP contribution in [0.25, 0.3) is 94.3 Å². The molecule has 51 heavy (non-hydrogen) atoms. The number of fused-ring (bicyclic) bond motifs is 5. The molecule has 0 atom stereocenters. The van der Waals surface area contributed by atoms with E-state index in [4.69, 9.17) is 15.0 Å². The molecule has 0 saturated carbocycles. The normalized spacial score (nSPS) is 11.5. The van der Waals surface area contributed by atoms with Gasteiger partial charge in [0.25, 0.3) is 0 Å². The van der Waals surface area contributed by atoms with E-state index in [0.29, 0.717) is 17.5 Å². The molecule has 8 aromatic carbocycles. The van der Waals surface area contributed by atoms with E-state index in [2.05, 4.69) is 168 Å². The van der Waals surface area contributed by atoms with Crippen molar-refractivity contribution in [2.45, 2.75) is 0 Å². The molecule has 0 bridgehead atoms. The third-order valence-corrected chi connectivity index (χ3v) is 9.82. The zero-order chi connectivity index (χ0) is 33.7. The number of hydrogen-bond donors (Lipinski definition) is 0. The first-order valence-corrected chi connectivity index (χ1v) is 17.2. The van der Waals surface area contributed by atoms with Gasteiger partial charge in [0.15, 0.2) is 17.5 Å². The molecule has 2 heterocycles. The van der Waals surface area contributed by atoms with Crippen LogP contribution in [0.2, 0.25) is 0 Å². The highest BCUT2D eigenvalue weighted by Gasteiger charge is 2.20. The van der Waals surface area contributed by atoms with Gasteiger partial charge in [-0.25, -0.2) is 15.0 Å². The van der Waals surface area contributed by atoms with E-state index < -0.39 is 0 Å². The molecule has 0 spiro atoms. The number of benzene rings is 8. The number of para-hydroxylation sites is 2. The van der Waals surface area contributed by atoms with Gasteiger partial charge in [0.05, 0.1) is 16.7 Å². The van der Waals surface area contributed by atoms with Crippen LogP contribution in [0.1, 0.15) is 0 Å². The SMILES string of the molecule is c1ccc(-c2nc(-c3ccc4ccccc4c3)nc(-c3ccccc3-c3ccccc3-n3c4ccccc4c4cc5ccccc5cc43)n2)cc1. The average molecular weight is 651 g/mol. The summed E-state index contributed by atoms with van der Waals surface area (Å²) in [5.74, 6) is 1.91. The average Bonchev–Trinajstić information content (AvgIpc) is 3.52. The van der Waals surface area contributed by atoms with Crippen molar-refractivity contribution in [3.63, 3.8) is 0 Å². The van der Waals surface area contributed by atoms with Crippen LogP contribution < -0.4 is 0 Å². The Morgan fingerprint density at radius 1 is 0.314 bits per heavy atom. The first-order chi connectivity index (χ1) is 25.3. The van der Waals surface area contributed by atoms with E-state index in [1.807, 2.05) is 18.2 Å². The third-order valence-electron chi connectivity index (χ3n) is 9.82. The van der Waals surface area contributed by atoms with E-state index in [-0.39, 0.29) is 0 Å². The molecule has 238 valence electrons. The lowest BCUT2D eigenvalue weighted by atomic mass is 9.97. The molecule has 0 saturated heterocycles. The van der Waals surface area contributed by atoms with Crippen molar-refractivity contribution in [1.82, 2.24) is 19.5 Å². The Morgan fingerprint density at radius 2 is 0.882 bits per heavy atom. The summed E-state index contributed by atoms with van der Waals surface area (Å²) in [6.07, 6.45) is 0. The molecular weight excluding hydrogens is 621 g/mol. The molecule has 10 aromatic rings. The van der Waals surface area contributed by atoms with E-state index in [1.165, 1.54) is 32.4 Å². The van der Waals surface area contributed by atoms with Crippen LogP contribution in [0.4, 0.5) is 0 Å². The smallest absolute Gasteiger partial charge is 0.164 e. The molecule has 0 aliphatic carbocycles. The molecule has 4 heteroatoms. The summed E-state index contributed by atoms with van der Waals surface area (Å²) < 4.78 is 2.41. The standard InChI is InChI=1S/C47H30N4/c1-2-15-32(16-3-1)45-48-46(36-27-26-31-14-4-5-17-33(31)28-36)50-47(49-45)40-23-9-8-20-37(40)38-21-10-12-24-42(38)51-43-25-13-11-22-39(43)41-29-34-18-6-7-19-35(34)30-44(41)51/h1-30H. The number of nitrogens with zero attached hydrogens (tertiary/aromatic N) is 4. The lowest BCUT2D eigenvalue weighted by Gasteiger charge is -2.17. The molecule has 0 amide bonds. The number of rotatable bonds is 5. The van der Waals surface area contributed by atoms with Gasteiger partial charge in [0.2, 0.25) is 0 Å². The van der Waals surface area contributed by atoms with Crippen molar-refractivity contribution >= 4 is 43.4 Å². The van der Waals surface area contributed by atoms with E-state index in [0.717, 1.165) is 44.4 Å². The van der Waals surface area contributed by atoms with Gasteiger partial charge in [-0.1, -0.05) is 152 Å². The summed E-state index contributed by atoms with van der Waals surface area (Å²) in [7, 11) is 0. The molecule has 10 rings (SSSR count). The second-order valence-electron chi connectivity index (χ2n) is 12.9. The fraction of sp³-hybridized carbons (Fsp3) is 0. The molecule has 0 radical (unpaired) electrons. The molecule has 0 aliphatic rings. The van der Waals surface area contributed by atoms with Gasteiger partial charge in [-0.05, 0) is 57.4 Å². The molecule has 0 aliphatic heterocycles. The summed E-state index contributed by atoms with van der Waals surface area (Å²) in [4.78, 5) is 15.4. The van der Waals surface area contributed by atoms with Crippen molar-refractivity contribution in [2.24, 2.45) is 0 Å². The molecular formula is C47H30N4. The Bertz CT molecular complexity index is 2920. The van der Waals surface area contributed by atoms with Crippen LogP contribution >= 0.6 is 0 Å². The fourth-order valence-corrected chi connectivity index (χ4v) is 7.39. The minimum Gasteiger partial charge on any atom is -0.309 e. The van der Waals surface area contributed by atoms with Gasteiger partial charge in [0.1, 0.15) is 0 Å². The van der Waals surface area contributed by atoms with Crippen molar-refractivity contribution in [1.29, 1.82) is 0 Å². The Morgan fingerprint density at radius 3 is 1.69 bits per heavy atom. The number of hydrogen-bond acceptors (Lipinski definition) is 3. The predicted molar refractivity (Wildman–Crippen MR) is 211 cm³/mol. The highest BCUT2D eigenvalue weighted by atomic mass is 15.0. The largest absolute Gasteiger partial charge is 0.309 e. The second kappa shape index (κ2) is 11.9. The Hall–Kier alpha value is -6.91. The maximum Gasteiger partial charge on any atom is 0.164 e. The lowest BCUT2D eigenvalue weighted by Crippen LogP contribution is -2.02. The Kier molecular flexibility index (Phi) is 6.78. The van der Waals surface area contributed by atoms with Crippen LogP contribution in [0.5, 0.6) is 0 Å². The van der Waals surface area contributed by atoms with Gasteiger partial charge in [-0.2, -0.15) is 0 Å². The van der Waals surface area contributed by atoms with Crippen molar-refractivity contribution in [3.8, 4) is 51.0 Å². The minimum absolute atomic E-state index is 0.630. The molecule has 2 aromatic heterocycles. The minimum atomic E-state index is 0.630. The maximum atomic E-state index is 5.19.